The van der Waals surface area contributed by atoms with Crippen LogP contribution in [-0.4, -0.2) is 21.2 Å². The minimum absolute atomic E-state index is 0.0185. The van der Waals surface area contributed by atoms with Crippen LogP contribution in [0.5, 0.6) is 0 Å². The third-order valence-electron chi connectivity index (χ3n) is 0.755. The van der Waals surface area contributed by atoms with Crippen LogP contribution in [0.3, 0.4) is 0 Å². The molecule has 8 heavy (non-hydrogen) atoms. The van der Waals surface area contributed by atoms with Crippen LogP contribution in [0.2, 0.25) is 0 Å². The van der Waals surface area contributed by atoms with Gasteiger partial charge < -0.3 is 5.21 Å². The van der Waals surface area contributed by atoms with E-state index in [2.05, 4.69) is 4.98 Å². The zero-order valence-electron chi connectivity index (χ0n) is 3.98. The van der Waals surface area contributed by atoms with Gasteiger partial charge in [-0.15, -0.1) is 0 Å². The van der Waals surface area contributed by atoms with Crippen molar-refractivity contribution in [1.29, 1.82) is 0 Å². The summed E-state index contributed by atoms with van der Waals surface area (Å²) in [6.45, 7) is 0. The quantitative estimate of drug-likeness (QED) is 0.408. The first-order chi connectivity index (χ1) is 3.84. The van der Waals surface area contributed by atoms with E-state index in [1.54, 1.807) is 0 Å². The van der Waals surface area contributed by atoms with Crippen LogP contribution in [0.4, 0.5) is 0 Å². The lowest BCUT2D eigenvalue weighted by Gasteiger charge is -1.85. The van der Waals surface area contributed by atoms with Crippen LogP contribution >= 0.6 is 0 Å². The maximum atomic E-state index is 9.85. The van der Waals surface area contributed by atoms with Gasteiger partial charge in [0.1, 0.15) is 0 Å². The Bertz CT molecular complexity index is 194. The van der Waals surface area contributed by atoms with E-state index < -0.39 is 0 Å². The summed E-state index contributed by atoms with van der Waals surface area (Å²) in [6.07, 6.45) is 3.09. The van der Waals surface area contributed by atoms with E-state index >= 15 is 0 Å². The highest BCUT2D eigenvalue weighted by atomic mass is 16.5. The molecular formula is C4H4N2O2. The number of hydrogen-bond donors (Lipinski definition) is 1. The second-order valence-corrected chi connectivity index (χ2v) is 1.25. The molecule has 0 amide bonds. The number of carbonyl (C=O) groups is 1. The standard InChI is InChI=1S/C4H4N2O2/c7-3-4-5-1-2-6(4)8/h1-3,8H. The van der Waals surface area contributed by atoms with Crippen LogP contribution < -0.4 is 0 Å². The highest BCUT2D eigenvalue weighted by molar-refractivity contribution is 5.68. The Labute approximate surface area is 45.3 Å². The Hall–Kier alpha value is -1.32. The largest absolute Gasteiger partial charge is 0.427 e. The van der Waals surface area contributed by atoms with Gasteiger partial charge in [0.05, 0.1) is 6.20 Å². The van der Waals surface area contributed by atoms with E-state index in [0.29, 0.717) is 11.0 Å². The third-order valence-corrected chi connectivity index (χ3v) is 0.755. The van der Waals surface area contributed by atoms with Gasteiger partial charge in [0.15, 0.2) is 6.29 Å². The smallest absolute Gasteiger partial charge is 0.208 e. The SMILES string of the molecule is O=Cc1nccn1O. The second kappa shape index (κ2) is 1.65. The minimum Gasteiger partial charge on any atom is -0.427 e. The van der Waals surface area contributed by atoms with Crippen LogP contribution in [0.1, 0.15) is 10.6 Å². The lowest BCUT2D eigenvalue weighted by Crippen LogP contribution is -1.94. The van der Waals surface area contributed by atoms with Crippen LogP contribution in [0.25, 0.3) is 0 Å². The molecule has 4 nitrogen and oxygen atoms in total. The van der Waals surface area contributed by atoms with Crippen molar-refractivity contribution in [2.45, 2.75) is 0 Å². The highest BCUT2D eigenvalue weighted by Gasteiger charge is 1.93. The molecule has 1 N–H and O–H groups in total. The summed E-state index contributed by atoms with van der Waals surface area (Å²) < 4.78 is 0.660. The van der Waals surface area contributed by atoms with Gasteiger partial charge in [0.2, 0.25) is 5.82 Å². The fourth-order valence-corrected chi connectivity index (χ4v) is 0.393. The highest BCUT2D eigenvalue weighted by Crippen LogP contribution is 1.85. The van der Waals surface area contributed by atoms with Gasteiger partial charge >= 0.3 is 0 Å². The number of aromatic nitrogens is 2. The fourth-order valence-electron chi connectivity index (χ4n) is 0.393. The summed E-state index contributed by atoms with van der Waals surface area (Å²) in [5.41, 5.74) is 0. The maximum Gasteiger partial charge on any atom is 0.208 e. The number of imidazole rings is 1. The molecule has 0 fully saturated rings. The predicted molar refractivity (Wildman–Crippen MR) is 24.8 cm³/mol. The maximum absolute atomic E-state index is 9.85. The van der Waals surface area contributed by atoms with Crippen molar-refractivity contribution < 1.29 is 10.0 Å². The summed E-state index contributed by atoms with van der Waals surface area (Å²) >= 11 is 0. The summed E-state index contributed by atoms with van der Waals surface area (Å²) in [4.78, 5) is 13.3. The van der Waals surface area contributed by atoms with Crippen molar-refractivity contribution in [2.75, 3.05) is 0 Å². The van der Waals surface area contributed by atoms with Gasteiger partial charge in [-0.05, 0) is 0 Å². The van der Waals surface area contributed by atoms with E-state index in [9.17, 15) is 4.79 Å². The molecule has 0 aliphatic heterocycles. The topological polar surface area (TPSA) is 55.1 Å². The molecule has 0 spiro atoms. The molecule has 1 heterocycles. The Morgan fingerprint density at radius 3 is 2.88 bits per heavy atom. The number of aldehydes is 1. The summed E-state index contributed by atoms with van der Waals surface area (Å²) in [5.74, 6) is 0.0185. The number of rotatable bonds is 1. The summed E-state index contributed by atoms with van der Waals surface area (Å²) in [6, 6.07) is 0. The summed E-state index contributed by atoms with van der Waals surface area (Å²) in [5, 5.41) is 8.57. The van der Waals surface area contributed by atoms with Crippen LogP contribution in [0.15, 0.2) is 12.4 Å². The molecule has 0 radical (unpaired) electrons. The van der Waals surface area contributed by atoms with Crippen molar-refractivity contribution in [2.24, 2.45) is 0 Å². The molecule has 1 aromatic rings. The van der Waals surface area contributed by atoms with Crippen LogP contribution in [-0.2, 0) is 0 Å². The Balaban J connectivity index is 3.09. The molecule has 4 heteroatoms. The third kappa shape index (κ3) is 0.556. The lowest BCUT2D eigenvalue weighted by molar-refractivity contribution is 0.106. The molecule has 0 aliphatic rings. The molecule has 1 aromatic heterocycles. The van der Waals surface area contributed by atoms with Crippen molar-refractivity contribution in [3.05, 3.63) is 18.2 Å². The average Bonchev–Trinajstić information content (AvgIpc) is 2.14. The first-order valence-corrected chi connectivity index (χ1v) is 2.02. The predicted octanol–water partition coefficient (Wildman–Crippen LogP) is -0.0671. The van der Waals surface area contributed by atoms with E-state index in [4.69, 9.17) is 5.21 Å². The Morgan fingerprint density at radius 2 is 2.62 bits per heavy atom. The van der Waals surface area contributed by atoms with Gasteiger partial charge in [-0.2, -0.15) is 4.73 Å². The van der Waals surface area contributed by atoms with E-state index in [-0.39, 0.29) is 5.82 Å². The molecule has 0 saturated carbocycles. The minimum atomic E-state index is 0.0185. The molecule has 0 aliphatic carbocycles. The number of hydrogen-bond acceptors (Lipinski definition) is 3. The van der Waals surface area contributed by atoms with Crippen molar-refractivity contribution in [1.82, 2.24) is 9.71 Å². The Kier molecular flexibility index (Phi) is 0.997. The normalized spacial score (nSPS) is 9.00. The molecule has 0 bridgehead atoms. The molecule has 1 rings (SSSR count). The first kappa shape index (κ1) is 4.83. The zero-order chi connectivity index (χ0) is 5.98. The lowest BCUT2D eigenvalue weighted by atomic mass is 10.7. The van der Waals surface area contributed by atoms with Crippen LogP contribution in [0, 0.1) is 0 Å². The number of carbonyl (C=O) groups excluding carboxylic acids is 1. The summed E-state index contributed by atoms with van der Waals surface area (Å²) in [7, 11) is 0. The van der Waals surface area contributed by atoms with E-state index in [0.717, 1.165) is 0 Å². The van der Waals surface area contributed by atoms with Gasteiger partial charge in [-0.25, -0.2) is 4.98 Å². The Morgan fingerprint density at radius 1 is 1.88 bits per heavy atom. The van der Waals surface area contributed by atoms with Gasteiger partial charge in [0.25, 0.3) is 0 Å². The second-order valence-electron chi connectivity index (χ2n) is 1.25. The van der Waals surface area contributed by atoms with E-state index in [1.807, 2.05) is 0 Å². The van der Waals surface area contributed by atoms with Crippen molar-refractivity contribution in [3.8, 4) is 0 Å². The van der Waals surface area contributed by atoms with Crippen molar-refractivity contribution >= 4 is 6.29 Å². The van der Waals surface area contributed by atoms with Crippen molar-refractivity contribution in [3.63, 3.8) is 0 Å². The zero-order valence-corrected chi connectivity index (χ0v) is 3.98. The molecule has 0 unspecified atom stereocenters. The average molecular weight is 112 g/mol. The molecule has 0 aromatic carbocycles. The molecular weight excluding hydrogens is 108 g/mol. The van der Waals surface area contributed by atoms with Gasteiger partial charge in [-0.1, -0.05) is 0 Å². The monoisotopic (exact) mass is 112 g/mol. The molecule has 0 saturated heterocycles. The van der Waals surface area contributed by atoms with Gasteiger partial charge in [-0.3, -0.25) is 4.79 Å². The van der Waals surface area contributed by atoms with E-state index in [1.165, 1.54) is 12.4 Å². The number of nitrogens with zero attached hydrogens (tertiary/aromatic N) is 2. The van der Waals surface area contributed by atoms with Gasteiger partial charge in [0, 0.05) is 6.20 Å². The molecule has 42 valence electrons. The first-order valence-electron chi connectivity index (χ1n) is 2.02. The molecule has 0 atom stereocenters. The fraction of sp³-hybridized carbons (Fsp3) is 0.